The molecular weight excluding hydrogens is 491 g/mol. The molecule has 0 bridgehead atoms. The number of rotatable bonds is 12. The molecule has 2 aromatic carbocycles. The van der Waals surface area contributed by atoms with Gasteiger partial charge in [-0.25, -0.2) is 4.39 Å². The van der Waals surface area contributed by atoms with Crippen LogP contribution in [0.4, 0.5) is 4.39 Å². The minimum absolute atomic E-state index is 0.155. The van der Waals surface area contributed by atoms with Crippen molar-refractivity contribution >= 4 is 28.5 Å². The molecule has 1 N–H and O–H groups in total. The maximum absolute atomic E-state index is 15.6. The van der Waals surface area contributed by atoms with Crippen molar-refractivity contribution in [3.05, 3.63) is 70.9 Å². The molecule has 1 fully saturated rings. The normalized spacial score (nSPS) is 19.1. The van der Waals surface area contributed by atoms with E-state index in [-0.39, 0.29) is 12.3 Å². The number of aliphatic carboxylic acids is 1. The zero-order valence-corrected chi connectivity index (χ0v) is 22.2. The van der Waals surface area contributed by atoms with E-state index in [9.17, 15) is 9.90 Å². The van der Waals surface area contributed by atoms with E-state index in [0.717, 1.165) is 66.8 Å². The Labute approximate surface area is 223 Å². The fourth-order valence-electron chi connectivity index (χ4n) is 5.63. The number of carbonyl (C=O) groups is 1. The first-order chi connectivity index (χ1) is 17.9. The standard InChI is InChI=1S/C30H36ClFN2O3/c1-37-24-10-12-29-26(19-24)25(14-16-33-29)28(32)11-8-21-15-18-34(20-23(21)9-13-30(35)36)17-4-6-22-5-2-3-7-27(22)31/h2-3,5,7,10,12,14,16,19,21,23,28H,4,6,8-9,11,13,15,17-18,20H2,1H3,(H,35,36)/t21?,23?,28-/m0/s1. The SMILES string of the molecule is COc1ccc2nccc([C@@H](F)CCC3CCN(CCCc4ccccc4Cl)CC3CCC(=O)O)c2c1. The lowest BCUT2D eigenvalue weighted by Gasteiger charge is -2.39. The van der Waals surface area contributed by atoms with Crippen molar-refractivity contribution in [1.82, 2.24) is 9.88 Å². The number of hydrogen-bond acceptors (Lipinski definition) is 4. The highest BCUT2D eigenvalue weighted by molar-refractivity contribution is 6.31. The Hall–Kier alpha value is -2.70. The number of carboxylic acid groups (broad SMARTS) is 1. The molecule has 5 nitrogen and oxygen atoms in total. The molecule has 1 aromatic heterocycles. The zero-order chi connectivity index (χ0) is 26.2. The monoisotopic (exact) mass is 526 g/mol. The summed E-state index contributed by atoms with van der Waals surface area (Å²) in [6.07, 6.45) is 5.39. The second-order valence-electron chi connectivity index (χ2n) is 10.1. The summed E-state index contributed by atoms with van der Waals surface area (Å²) in [7, 11) is 1.60. The molecule has 3 atom stereocenters. The Morgan fingerprint density at radius 3 is 2.84 bits per heavy atom. The number of benzene rings is 2. The van der Waals surface area contributed by atoms with Gasteiger partial charge < -0.3 is 14.7 Å². The minimum Gasteiger partial charge on any atom is -0.497 e. The summed E-state index contributed by atoms with van der Waals surface area (Å²) in [5, 5.41) is 10.9. The summed E-state index contributed by atoms with van der Waals surface area (Å²) in [5.41, 5.74) is 2.56. The van der Waals surface area contributed by atoms with E-state index in [1.165, 1.54) is 0 Å². The van der Waals surface area contributed by atoms with E-state index in [1.54, 1.807) is 19.4 Å². The molecule has 3 aromatic rings. The van der Waals surface area contributed by atoms with E-state index >= 15 is 4.39 Å². The van der Waals surface area contributed by atoms with Gasteiger partial charge >= 0.3 is 5.97 Å². The van der Waals surface area contributed by atoms with Crippen molar-refractivity contribution in [1.29, 1.82) is 0 Å². The molecule has 0 spiro atoms. The number of nitrogens with zero attached hydrogens (tertiary/aromatic N) is 2. The molecule has 2 heterocycles. The molecule has 1 aliphatic heterocycles. The van der Waals surface area contributed by atoms with Gasteiger partial charge in [0.15, 0.2) is 0 Å². The molecule has 0 radical (unpaired) electrons. The number of fused-ring (bicyclic) bond motifs is 1. The van der Waals surface area contributed by atoms with Gasteiger partial charge in [-0.3, -0.25) is 9.78 Å². The lowest BCUT2D eigenvalue weighted by Crippen LogP contribution is -2.41. The van der Waals surface area contributed by atoms with Gasteiger partial charge in [-0.15, -0.1) is 0 Å². The van der Waals surface area contributed by atoms with E-state index in [4.69, 9.17) is 16.3 Å². The minimum atomic E-state index is -1.11. The van der Waals surface area contributed by atoms with Crippen molar-refractivity contribution in [2.24, 2.45) is 11.8 Å². The van der Waals surface area contributed by atoms with Crippen molar-refractivity contribution < 1.29 is 19.0 Å². The number of carboxylic acids is 1. The summed E-state index contributed by atoms with van der Waals surface area (Å²) < 4.78 is 20.9. The Bertz CT molecular complexity index is 1190. The first-order valence-electron chi connectivity index (χ1n) is 13.2. The van der Waals surface area contributed by atoms with Crippen molar-refractivity contribution in [3.63, 3.8) is 0 Å². The highest BCUT2D eigenvalue weighted by atomic mass is 35.5. The first kappa shape index (κ1) is 27.3. The number of methoxy groups -OCH3 is 1. The molecule has 0 saturated carbocycles. The molecule has 1 aliphatic rings. The number of alkyl halides is 1. The molecule has 37 heavy (non-hydrogen) atoms. The van der Waals surface area contributed by atoms with Gasteiger partial charge in [0.05, 0.1) is 12.6 Å². The van der Waals surface area contributed by atoms with Crippen LogP contribution in [0.2, 0.25) is 5.02 Å². The van der Waals surface area contributed by atoms with Crippen LogP contribution >= 0.6 is 11.6 Å². The highest BCUT2D eigenvalue weighted by Crippen LogP contribution is 2.36. The Balaban J connectivity index is 1.35. The molecule has 7 heteroatoms. The van der Waals surface area contributed by atoms with Crippen molar-refractivity contribution in [2.75, 3.05) is 26.7 Å². The second-order valence-corrected chi connectivity index (χ2v) is 10.5. The Kier molecular flexibility index (Phi) is 9.75. The molecule has 1 saturated heterocycles. The third kappa shape index (κ3) is 7.42. The first-order valence-corrected chi connectivity index (χ1v) is 13.6. The predicted octanol–water partition coefficient (Wildman–Crippen LogP) is 7.12. The molecule has 198 valence electrons. The predicted molar refractivity (Wildman–Crippen MR) is 146 cm³/mol. The van der Waals surface area contributed by atoms with Crippen LogP contribution in [0.15, 0.2) is 54.7 Å². The summed E-state index contributed by atoms with van der Waals surface area (Å²) in [6.45, 7) is 2.79. The van der Waals surface area contributed by atoms with Gasteiger partial charge in [-0.2, -0.15) is 0 Å². The zero-order valence-electron chi connectivity index (χ0n) is 21.4. The Morgan fingerprint density at radius 2 is 2.05 bits per heavy atom. The highest BCUT2D eigenvalue weighted by Gasteiger charge is 2.30. The fraction of sp³-hybridized carbons (Fsp3) is 0.467. The number of aromatic nitrogens is 1. The van der Waals surface area contributed by atoms with Crippen molar-refractivity contribution in [2.45, 2.75) is 51.1 Å². The van der Waals surface area contributed by atoms with Gasteiger partial charge in [-0.05, 0) is 105 Å². The average Bonchev–Trinajstić information content (AvgIpc) is 2.91. The lowest BCUT2D eigenvalue weighted by atomic mass is 9.79. The largest absolute Gasteiger partial charge is 0.497 e. The van der Waals surface area contributed by atoms with Gasteiger partial charge in [0.2, 0.25) is 0 Å². The molecular formula is C30H36ClFN2O3. The third-order valence-electron chi connectivity index (χ3n) is 7.69. The molecule has 2 unspecified atom stereocenters. The number of likely N-dealkylation sites (tertiary alicyclic amines) is 1. The Morgan fingerprint density at radius 1 is 1.22 bits per heavy atom. The smallest absolute Gasteiger partial charge is 0.303 e. The van der Waals surface area contributed by atoms with E-state index in [2.05, 4.69) is 16.0 Å². The van der Waals surface area contributed by atoms with Crippen LogP contribution in [0.3, 0.4) is 0 Å². The van der Waals surface area contributed by atoms with Crippen molar-refractivity contribution in [3.8, 4) is 5.75 Å². The number of hydrogen-bond donors (Lipinski definition) is 1. The summed E-state index contributed by atoms with van der Waals surface area (Å²) in [5.74, 6) is 0.492. The number of ether oxygens (including phenoxy) is 1. The summed E-state index contributed by atoms with van der Waals surface area (Å²) >= 11 is 6.30. The quantitative estimate of drug-likeness (QED) is 0.272. The number of aryl methyl sites for hydroxylation is 1. The lowest BCUT2D eigenvalue weighted by molar-refractivity contribution is -0.137. The van der Waals surface area contributed by atoms with Crippen LogP contribution < -0.4 is 4.74 Å². The number of halogens is 2. The van der Waals surface area contributed by atoms with Crippen LogP contribution in [-0.4, -0.2) is 47.7 Å². The van der Waals surface area contributed by atoms with Gasteiger partial charge in [0.25, 0.3) is 0 Å². The van der Waals surface area contributed by atoms with Crippen LogP contribution in [0.1, 0.15) is 55.8 Å². The van der Waals surface area contributed by atoms with Crippen LogP contribution in [-0.2, 0) is 11.2 Å². The van der Waals surface area contributed by atoms with Gasteiger partial charge in [0, 0.05) is 29.6 Å². The fourth-order valence-corrected chi connectivity index (χ4v) is 5.86. The molecule has 0 aliphatic carbocycles. The molecule has 4 rings (SSSR count). The van der Waals surface area contributed by atoms with E-state index < -0.39 is 12.1 Å². The molecule has 0 amide bonds. The maximum atomic E-state index is 15.6. The maximum Gasteiger partial charge on any atom is 0.303 e. The van der Waals surface area contributed by atoms with Gasteiger partial charge in [-0.1, -0.05) is 29.8 Å². The topological polar surface area (TPSA) is 62.7 Å². The summed E-state index contributed by atoms with van der Waals surface area (Å²) in [4.78, 5) is 18.1. The summed E-state index contributed by atoms with van der Waals surface area (Å²) in [6, 6.07) is 15.2. The van der Waals surface area contributed by atoms with Gasteiger partial charge in [0.1, 0.15) is 11.9 Å². The second kappa shape index (κ2) is 13.2. The van der Waals surface area contributed by atoms with Crippen LogP contribution in [0.5, 0.6) is 5.75 Å². The third-order valence-corrected chi connectivity index (χ3v) is 8.06. The number of piperidine rings is 1. The van der Waals surface area contributed by atoms with Crippen LogP contribution in [0, 0.1) is 11.8 Å². The van der Waals surface area contributed by atoms with E-state index in [0.29, 0.717) is 30.1 Å². The van der Waals surface area contributed by atoms with E-state index in [1.807, 2.05) is 36.4 Å². The average molecular weight is 527 g/mol. The van der Waals surface area contributed by atoms with Crippen LogP contribution in [0.25, 0.3) is 10.9 Å². The number of pyridine rings is 1.